The number of carbonyl (C=O) groups excluding carboxylic acids is 2. The van der Waals surface area contributed by atoms with E-state index in [0.717, 1.165) is 45.2 Å². The molecule has 6 nitrogen and oxygen atoms in total. The van der Waals surface area contributed by atoms with Crippen LogP contribution < -0.4 is 10.1 Å². The van der Waals surface area contributed by atoms with Gasteiger partial charge in [0.05, 0.1) is 0 Å². The molecule has 1 aliphatic rings. The minimum atomic E-state index is -0.841. The molecule has 0 aliphatic carbocycles. The third kappa shape index (κ3) is 6.24. The van der Waals surface area contributed by atoms with Crippen LogP contribution in [0.3, 0.4) is 0 Å². The average Bonchev–Trinajstić information content (AvgIpc) is 3.22. The summed E-state index contributed by atoms with van der Waals surface area (Å²) < 4.78 is 11.0. The molecule has 2 amide bonds. The van der Waals surface area contributed by atoms with E-state index in [9.17, 15) is 9.59 Å². The highest BCUT2D eigenvalue weighted by Gasteiger charge is 2.32. The second-order valence-corrected chi connectivity index (χ2v) is 7.25. The van der Waals surface area contributed by atoms with E-state index in [-0.39, 0.29) is 18.4 Å². The minimum absolute atomic E-state index is 0.0211. The molecule has 2 rings (SSSR count). The van der Waals surface area contributed by atoms with Gasteiger partial charge in [-0.3, -0.25) is 9.59 Å². The molecular weight excluding hydrogens is 344 g/mol. The summed E-state index contributed by atoms with van der Waals surface area (Å²) >= 11 is 0. The van der Waals surface area contributed by atoms with Crippen molar-refractivity contribution in [2.24, 2.45) is 0 Å². The maximum Gasteiger partial charge on any atom is 0.260 e. The van der Waals surface area contributed by atoms with E-state index in [0.29, 0.717) is 17.9 Å². The van der Waals surface area contributed by atoms with Crippen LogP contribution in [0, 0.1) is 0 Å². The number of hydrogen-bond donors (Lipinski definition) is 1. The lowest BCUT2D eigenvalue weighted by molar-refractivity contribution is -0.136. The predicted octanol–water partition coefficient (Wildman–Crippen LogP) is 3.61. The van der Waals surface area contributed by atoms with Crippen molar-refractivity contribution in [1.82, 2.24) is 4.90 Å². The second kappa shape index (κ2) is 10.3. The van der Waals surface area contributed by atoms with Crippen LogP contribution in [0.5, 0.6) is 5.75 Å². The molecule has 1 atom stereocenters. The molecule has 27 heavy (non-hydrogen) atoms. The molecular formula is C21H32N2O4. The molecule has 1 aromatic carbocycles. The van der Waals surface area contributed by atoms with Crippen molar-refractivity contribution in [2.45, 2.75) is 58.0 Å². The van der Waals surface area contributed by atoms with Gasteiger partial charge in [-0.1, -0.05) is 26.2 Å². The van der Waals surface area contributed by atoms with Gasteiger partial charge in [-0.25, -0.2) is 0 Å². The number of hydrogen-bond acceptors (Lipinski definition) is 4. The monoisotopic (exact) mass is 376 g/mol. The number of nitrogens with zero attached hydrogens (tertiary/aromatic N) is 1. The summed E-state index contributed by atoms with van der Waals surface area (Å²) in [6, 6.07) is 7.06. The van der Waals surface area contributed by atoms with Crippen molar-refractivity contribution in [3.8, 4) is 5.75 Å². The van der Waals surface area contributed by atoms with Gasteiger partial charge in [0, 0.05) is 25.9 Å². The quantitative estimate of drug-likeness (QED) is 0.634. The number of amides is 2. The van der Waals surface area contributed by atoms with Crippen molar-refractivity contribution in [3.63, 3.8) is 0 Å². The maximum absolute atomic E-state index is 12.6. The first kappa shape index (κ1) is 21.2. The van der Waals surface area contributed by atoms with E-state index in [1.165, 1.54) is 0 Å². The lowest BCUT2D eigenvalue weighted by Crippen LogP contribution is -2.41. The summed E-state index contributed by atoms with van der Waals surface area (Å²) in [6.45, 7) is 5.64. The first-order valence-electron chi connectivity index (χ1n) is 9.86. The molecule has 0 unspecified atom stereocenters. The van der Waals surface area contributed by atoms with E-state index in [2.05, 4.69) is 12.2 Å². The summed E-state index contributed by atoms with van der Waals surface area (Å²) in [4.78, 5) is 26.4. The fourth-order valence-corrected chi connectivity index (χ4v) is 3.12. The zero-order valence-electron chi connectivity index (χ0n) is 16.8. The van der Waals surface area contributed by atoms with Crippen LogP contribution in [0.25, 0.3) is 0 Å². The normalized spacial score (nSPS) is 16.0. The highest BCUT2D eigenvalue weighted by Crippen LogP contribution is 2.22. The third-order valence-corrected chi connectivity index (χ3v) is 5.12. The molecule has 0 aromatic heterocycles. The summed E-state index contributed by atoms with van der Waals surface area (Å²) in [6.07, 6.45) is 5.95. The van der Waals surface area contributed by atoms with Gasteiger partial charge < -0.3 is 19.7 Å². The summed E-state index contributed by atoms with van der Waals surface area (Å²) in [5, 5.41) is 2.90. The van der Waals surface area contributed by atoms with Crippen molar-refractivity contribution in [3.05, 3.63) is 24.3 Å². The molecule has 1 aliphatic heterocycles. The Balaban J connectivity index is 1.84. The van der Waals surface area contributed by atoms with Crippen molar-refractivity contribution < 1.29 is 19.1 Å². The van der Waals surface area contributed by atoms with Crippen LogP contribution in [0.15, 0.2) is 24.3 Å². The smallest absolute Gasteiger partial charge is 0.260 e. The van der Waals surface area contributed by atoms with Crippen molar-refractivity contribution >= 4 is 17.5 Å². The van der Waals surface area contributed by atoms with E-state index < -0.39 is 5.60 Å². The predicted molar refractivity (Wildman–Crippen MR) is 106 cm³/mol. The topological polar surface area (TPSA) is 67.9 Å². The molecule has 0 spiro atoms. The zero-order valence-corrected chi connectivity index (χ0v) is 16.8. The van der Waals surface area contributed by atoms with Crippen molar-refractivity contribution in [1.29, 1.82) is 0 Å². The summed E-state index contributed by atoms with van der Waals surface area (Å²) in [7, 11) is 1.57. The number of rotatable bonds is 10. The Hall–Kier alpha value is -2.08. The number of methoxy groups -OCH3 is 1. The first-order valence-corrected chi connectivity index (χ1v) is 9.86. The Kier molecular flexibility index (Phi) is 8.10. The highest BCUT2D eigenvalue weighted by atomic mass is 16.5. The van der Waals surface area contributed by atoms with Gasteiger partial charge in [-0.2, -0.15) is 0 Å². The van der Waals surface area contributed by atoms with Crippen LogP contribution in [-0.4, -0.2) is 49.1 Å². The molecule has 0 radical (unpaired) electrons. The molecule has 0 bridgehead atoms. The highest BCUT2D eigenvalue weighted by molar-refractivity contribution is 5.97. The summed E-state index contributed by atoms with van der Waals surface area (Å²) in [5.74, 6) is 0.477. The Morgan fingerprint density at radius 2 is 1.81 bits per heavy atom. The third-order valence-electron chi connectivity index (χ3n) is 5.12. The minimum Gasteiger partial charge on any atom is -0.484 e. The lowest BCUT2D eigenvalue weighted by atomic mass is 9.97. The largest absolute Gasteiger partial charge is 0.484 e. The van der Waals surface area contributed by atoms with Gasteiger partial charge in [-0.05, 0) is 50.5 Å². The number of nitrogens with one attached hydrogen (secondary N) is 1. The van der Waals surface area contributed by atoms with E-state index >= 15 is 0 Å². The lowest BCUT2D eigenvalue weighted by Gasteiger charge is -2.27. The first-order chi connectivity index (χ1) is 13.0. The van der Waals surface area contributed by atoms with Crippen LogP contribution in [0.1, 0.15) is 52.4 Å². The molecule has 150 valence electrons. The fourth-order valence-electron chi connectivity index (χ4n) is 3.12. The van der Waals surface area contributed by atoms with Gasteiger partial charge in [0.25, 0.3) is 11.8 Å². The average molecular weight is 376 g/mol. The Morgan fingerprint density at radius 1 is 1.15 bits per heavy atom. The van der Waals surface area contributed by atoms with Crippen LogP contribution in [-0.2, 0) is 14.3 Å². The van der Waals surface area contributed by atoms with Crippen LogP contribution >= 0.6 is 0 Å². The molecule has 1 saturated heterocycles. The number of ether oxygens (including phenoxy) is 2. The number of anilines is 1. The molecule has 1 fully saturated rings. The number of carbonyl (C=O) groups is 2. The van der Waals surface area contributed by atoms with Gasteiger partial charge in [0.1, 0.15) is 11.4 Å². The number of likely N-dealkylation sites (tertiary alicyclic amines) is 1. The van der Waals surface area contributed by atoms with Gasteiger partial charge in [-0.15, -0.1) is 0 Å². The Labute approximate surface area is 162 Å². The number of unbranched alkanes of at least 4 members (excludes halogenated alkanes) is 2. The Bertz CT molecular complexity index is 611. The van der Waals surface area contributed by atoms with Crippen LogP contribution in [0.4, 0.5) is 5.69 Å². The fraction of sp³-hybridized carbons (Fsp3) is 0.619. The van der Waals surface area contributed by atoms with E-state index in [1.54, 1.807) is 31.4 Å². The van der Waals surface area contributed by atoms with Gasteiger partial charge in [0.2, 0.25) is 0 Å². The molecule has 1 N–H and O–H groups in total. The second-order valence-electron chi connectivity index (χ2n) is 7.25. The summed E-state index contributed by atoms with van der Waals surface area (Å²) in [5.41, 5.74) is -0.163. The van der Waals surface area contributed by atoms with E-state index in [4.69, 9.17) is 9.47 Å². The van der Waals surface area contributed by atoms with Crippen LogP contribution in [0.2, 0.25) is 0 Å². The Morgan fingerprint density at radius 3 is 2.41 bits per heavy atom. The SMILES string of the molecule is CCCCC[C@@](C)(OC)C(=O)Nc1ccc(OCC(=O)N2CCCC2)cc1. The standard InChI is InChI=1S/C21H32N2O4/c1-4-5-6-13-21(2,26-3)20(25)22-17-9-11-18(12-10-17)27-16-19(24)23-14-7-8-15-23/h9-12H,4-8,13-16H2,1-3H3,(H,22,25)/t21-/m1/s1. The van der Waals surface area contributed by atoms with Crippen molar-refractivity contribution in [2.75, 3.05) is 32.1 Å². The number of benzene rings is 1. The maximum atomic E-state index is 12.6. The molecule has 1 heterocycles. The molecule has 6 heteroatoms. The molecule has 1 aromatic rings. The van der Waals surface area contributed by atoms with Gasteiger partial charge >= 0.3 is 0 Å². The molecule has 0 saturated carbocycles. The zero-order chi connectivity index (χ0) is 19.7. The van der Waals surface area contributed by atoms with Gasteiger partial charge in [0.15, 0.2) is 6.61 Å². The van der Waals surface area contributed by atoms with E-state index in [1.807, 2.05) is 11.8 Å².